The largest absolute Gasteiger partial charge is 0.378 e. The lowest BCUT2D eigenvalue weighted by Crippen LogP contribution is -2.39. The fraction of sp³-hybridized carbons (Fsp3) is 0.467. The van der Waals surface area contributed by atoms with E-state index in [9.17, 15) is 0 Å². The van der Waals surface area contributed by atoms with Gasteiger partial charge in [0, 0.05) is 5.54 Å². The van der Waals surface area contributed by atoms with Gasteiger partial charge in [0.05, 0.1) is 10.7 Å². The number of nitrogens with one attached hydrogen (secondary N) is 1. The molecule has 0 spiro atoms. The monoisotopic (exact) mass is 249 g/mol. The van der Waals surface area contributed by atoms with E-state index in [4.69, 9.17) is 11.6 Å². The molecule has 1 fully saturated rings. The Morgan fingerprint density at radius 1 is 1.24 bits per heavy atom. The van der Waals surface area contributed by atoms with Crippen molar-refractivity contribution in [1.82, 2.24) is 0 Å². The van der Waals surface area contributed by atoms with Crippen LogP contribution in [0.2, 0.25) is 5.02 Å². The quantitative estimate of drug-likeness (QED) is 0.738. The summed E-state index contributed by atoms with van der Waals surface area (Å²) in [6.07, 6.45) is 9.40. The van der Waals surface area contributed by atoms with Crippen LogP contribution in [0.5, 0.6) is 0 Å². The number of halogens is 1. The molecule has 0 bridgehead atoms. The number of hydrogen-bond donors (Lipinski definition) is 1. The molecule has 1 saturated carbocycles. The van der Waals surface area contributed by atoms with Crippen molar-refractivity contribution in [2.75, 3.05) is 5.32 Å². The molecule has 1 aromatic rings. The van der Waals surface area contributed by atoms with Gasteiger partial charge in [0.2, 0.25) is 0 Å². The third kappa shape index (κ3) is 3.04. The highest BCUT2D eigenvalue weighted by atomic mass is 35.5. The Morgan fingerprint density at radius 2 is 1.94 bits per heavy atom. The third-order valence-electron chi connectivity index (χ3n) is 3.62. The number of benzene rings is 1. The van der Waals surface area contributed by atoms with Gasteiger partial charge in [0.15, 0.2) is 0 Å². The van der Waals surface area contributed by atoms with Gasteiger partial charge in [0.1, 0.15) is 0 Å². The maximum atomic E-state index is 6.22. The summed E-state index contributed by atoms with van der Waals surface area (Å²) >= 11 is 6.22. The molecular formula is C15H20ClN. The van der Waals surface area contributed by atoms with E-state index < -0.39 is 0 Å². The van der Waals surface area contributed by atoms with Crippen LogP contribution < -0.4 is 5.32 Å². The van der Waals surface area contributed by atoms with E-state index in [2.05, 4.69) is 18.0 Å². The second-order valence-corrected chi connectivity index (χ2v) is 5.35. The van der Waals surface area contributed by atoms with Crippen molar-refractivity contribution in [3.63, 3.8) is 0 Å². The van der Waals surface area contributed by atoms with Crippen molar-refractivity contribution in [3.8, 4) is 0 Å². The minimum Gasteiger partial charge on any atom is -0.378 e. The number of anilines is 1. The van der Waals surface area contributed by atoms with E-state index in [-0.39, 0.29) is 5.54 Å². The van der Waals surface area contributed by atoms with Gasteiger partial charge in [-0.15, -0.1) is 6.58 Å². The number of rotatable bonds is 4. The van der Waals surface area contributed by atoms with Crippen LogP contribution in [0.4, 0.5) is 5.69 Å². The molecule has 0 atom stereocenters. The van der Waals surface area contributed by atoms with Crippen molar-refractivity contribution in [2.24, 2.45) is 0 Å². The number of hydrogen-bond acceptors (Lipinski definition) is 1. The first-order valence-electron chi connectivity index (χ1n) is 6.39. The van der Waals surface area contributed by atoms with Crippen LogP contribution in [0.25, 0.3) is 0 Å². The fourth-order valence-electron chi connectivity index (χ4n) is 2.73. The minimum atomic E-state index is 0.172. The van der Waals surface area contributed by atoms with Crippen LogP contribution >= 0.6 is 11.6 Å². The van der Waals surface area contributed by atoms with Crippen LogP contribution in [0.1, 0.15) is 38.5 Å². The predicted octanol–water partition coefficient (Wildman–Crippen LogP) is 5.03. The molecule has 0 saturated heterocycles. The van der Waals surface area contributed by atoms with E-state index in [0.717, 1.165) is 17.1 Å². The van der Waals surface area contributed by atoms with E-state index in [1.165, 1.54) is 32.1 Å². The fourth-order valence-corrected chi connectivity index (χ4v) is 2.92. The van der Waals surface area contributed by atoms with E-state index in [0.29, 0.717) is 0 Å². The summed E-state index contributed by atoms with van der Waals surface area (Å²) in [6, 6.07) is 7.99. The van der Waals surface area contributed by atoms with Gasteiger partial charge in [-0.3, -0.25) is 0 Å². The summed E-state index contributed by atoms with van der Waals surface area (Å²) in [4.78, 5) is 0. The average Bonchev–Trinajstić information content (AvgIpc) is 2.34. The summed E-state index contributed by atoms with van der Waals surface area (Å²) in [6.45, 7) is 3.89. The zero-order valence-corrected chi connectivity index (χ0v) is 11.0. The normalized spacial score (nSPS) is 18.6. The third-order valence-corrected chi connectivity index (χ3v) is 3.95. The Balaban J connectivity index is 2.17. The molecule has 2 rings (SSSR count). The van der Waals surface area contributed by atoms with Crippen LogP contribution in [0, 0.1) is 0 Å². The molecule has 1 nitrogen and oxygen atoms in total. The van der Waals surface area contributed by atoms with E-state index in [1.54, 1.807) is 0 Å². The Morgan fingerprint density at radius 3 is 2.59 bits per heavy atom. The SMILES string of the molecule is C=CCC1(Nc2ccccc2Cl)CCCCC1. The molecule has 17 heavy (non-hydrogen) atoms. The summed E-state index contributed by atoms with van der Waals surface area (Å²) in [7, 11) is 0. The standard InChI is InChI=1S/C15H20ClN/c1-2-10-15(11-6-3-7-12-15)17-14-9-5-4-8-13(14)16/h2,4-5,8-9,17H,1,3,6-7,10-12H2. The summed E-state index contributed by atoms with van der Waals surface area (Å²) in [5, 5.41) is 4.47. The van der Waals surface area contributed by atoms with Gasteiger partial charge in [-0.1, -0.05) is 49.1 Å². The predicted molar refractivity (Wildman–Crippen MR) is 75.7 cm³/mol. The summed E-state index contributed by atoms with van der Waals surface area (Å²) in [5.41, 5.74) is 1.23. The lowest BCUT2D eigenvalue weighted by molar-refractivity contribution is 0.326. The summed E-state index contributed by atoms with van der Waals surface area (Å²) in [5.74, 6) is 0. The highest BCUT2D eigenvalue weighted by Gasteiger charge is 2.30. The highest BCUT2D eigenvalue weighted by molar-refractivity contribution is 6.33. The van der Waals surface area contributed by atoms with Crippen LogP contribution in [-0.4, -0.2) is 5.54 Å². The van der Waals surface area contributed by atoms with Crippen molar-refractivity contribution in [2.45, 2.75) is 44.1 Å². The van der Waals surface area contributed by atoms with Gasteiger partial charge >= 0.3 is 0 Å². The van der Waals surface area contributed by atoms with Gasteiger partial charge < -0.3 is 5.32 Å². The first kappa shape index (κ1) is 12.5. The zero-order valence-electron chi connectivity index (χ0n) is 10.2. The lowest BCUT2D eigenvalue weighted by atomic mass is 9.79. The van der Waals surface area contributed by atoms with Crippen molar-refractivity contribution in [1.29, 1.82) is 0 Å². The Kier molecular flexibility index (Phi) is 4.11. The maximum absolute atomic E-state index is 6.22. The molecule has 2 heteroatoms. The van der Waals surface area contributed by atoms with Gasteiger partial charge in [-0.25, -0.2) is 0 Å². The molecule has 0 amide bonds. The molecular weight excluding hydrogens is 230 g/mol. The zero-order chi connectivity index (χ0) is 12.1. The van der Waals surface area contributed by atoms with E-state index in [1.807, 2.05) is 24.3 Å². The first-order chi connectivity index (χ1) is 8.26. The molecule has 1 aromatic carbocycles. The van der Waals surface area contributed by atoms with Crippen LogP contribution in [0.15, 0.2) is 36.9 Å². The van der Waals surface area contributed by atoms with Gasteiger partial charge in [0.25, 0.3) is 0 Å². The summed E-state index contributed by atoms with van der Waals surface area (Å²) < 4.78 is 0. The molecule has 1 N–H and O–H groups in total. The van der Waals surface area contributed by atoms with Crippen molar-refractivity contribution >= 4 is 17.3 Å². The van der Waals surface area contributed by atoms with E-state index >= 15 is 0 Å². The molecule has 0 aliphatic heterocycles. The molecule has 0 heterocycles. The Labute approximate surface area is 109 Å². The second kappa shape index (κ2) is 5.59. The molecule has 0 unspecified atom stereocenters. The van der Waals surface area contributed by atoms with Gasteiger partial charge in [-0.05, 0) is 31.4 Å². The highest BCUT2D eigenvalue weighted by Crippen LogP contribution is 2.36. The molecule has 0 aromatic heterocycles. The first-order valence-corrected chi connectivity index (χ1v) is 6.77. The van der Waals surface area contributed by atoms with Gasteiger partial charge in [-0.2, -0.15) is 0 Å². The van der Waals surface area contributed by atoms with Crippen molar-refractivity contribution < 1.29 is 0 Å². The average molecular weight is 250 g/mol. The van der Waals surface area contributed by atoms with Crippen LogP contribution in [-0.2, 0) is 0 Å². The lowest BCUT2D eigenvalue weighted by Gasteiger charge is -2.38. The maximum Gasteiger partial charge on any atom is 0.0637 e. The second-order valence-electron chi connectivity index (χ2n) is 4.94. The Bertz CT molecular complexity index is 380. The topological polar surface area (TPSA) is 12.0 Å². The molecule has 0 radical (unpaired) electrons. The number of para-hydroxylation sites is 1. The molecule has 1 aliphatic rings. The molecule has 1 aliphatic carbocycles. The van der Waals surface area contributed by atoms with Crippen LogP contribution in [0.3, 0.4) is 0 Å². The minimum absolute atomic E-state index is 0.172. The van der Waals surface area contributed by atoms with Crippen molar-refractivity contribution in [3.05, 3.63) is 41.9 Å². The molecule has 92 valence electrons. The Hall–Kier alpha value is -0.950. The smallest absolute Gasteiger partial charge is 0.0637 e.